The van der Waals surface area contributed by atoms with Crippen molar-refractivity contribution in [2.45, 2.75) is 18.9 Å². The fourth-order valence-electron chi connectivity index (χ4n) is 3.08. The van der Waals surface area contributed by atoms with Crippen LogP contribution in [0.3, 0.4) is 0 Å². The molecular weight excluding hydrogens is 354 g/mol. The number of hydrogen-bond donors (Lipinski definition) is 2. The fraction of sp³-hybridized carbons (Fsp3) is 0.333. The molecule has 1 saturated carbocycles. The van der Waals surface area contributed by atoms with Crippen LogP contribution in [0.1, 0.15) is 34.9 Å². The number of nitrogens with zero attached hydrogens (tertiary/aromatic N) is 4. The number of halogens is 2. The first kappa shape index (κ1) is 17.3. The van der Waals surface area contributed by atoms with Gasteiger partial charge in [-0.15, -0.1) is 0 Å². The number of piperazine rings is 1. The second-order valence-electron chi connectivity index (χ2n) is 6.71. The Kier molecular flexibility index (Phi) is 4.21. The smallest absolute Gasteiger partial charge is 0.254 e. The van der Waals surface area contributed by atoms with Crippen LogP contribution in [0.2, 0.25) is 0 Å². The van der Waals surface area contributed by atoms with Gasteiger partial charge in [0.1, 0.15) is 11.5 Å². The van der Waals surface area contributed by atoms with E-state index in [0.29, 0.717) is 11.7 Å². The Morgan fingerprint density at radius 1 is 1.15 bits per heavy atom. The Morgan fingerprint density at radius 2 is 1.93 bits per heavy atom. The second kappa shape index (κ2) is 6.57. The van der Waals surface area contributed by atoms with Gasteiger partial charge in [-0.1, -0.05) is 0 Å². The van der Waals surface area contributed by atoms with Gasteiger partial charge < -0.3 is 9.80 Å². The van der Waals surface area contributed by atoms with Crippen molar-refractivity contribution < 1.29 is 13.6 Å². The van der Waals surface area contributed by atoms with Gasteiger partial charge in [0.05, 0.1) is 12.6 Å². The third kappa shape index (κ3) is 3.32. The third-order valence-electron chi connectivity index (χ3n) is 4.76. The topological polar surface area (TPSA) is 89.1 Å². The van der Waals surface area contributed by atoms with E-state index in [4.69, 9.17) is 10.8 Å². The molecule has 2 heterocycles. The zero-order chi connectivity index (χ0) is 19.1. The highest BCUT2D eigenvalue weighted by molar-refractivity contribution is 6.08. The van der Waals surface area contributed by atoms with Gasteiger partial charge in [-0.2, -0.15) is 5.10 Å². The molecule has 0 bridgehead atoms. The minimum Gasteiger partial charge on any atom is -0.329 e. The van der Waals surface area contributed by atoms with Crippen molar-refractivity contribution in [3.63, 3.8) is 0 Å². The number of hydrogen-bond acceptors (Lipinski definition) is 4. The molecule has 0 atom stereocenters. The molecule has 0 unspecified atom stereocenters. The Balaban J connectivity index is 1.43. The van der Waals surface area contributed by atoms with Crippen LogP contribution in [0.4, 0.5) is 8.78 Å². The van der Waals surface area contributed by atoms with Gasteiger partial charge >= 0.3 is 0 Å². The predicted molar refractivity (Wildman–Crippen MR) is 94.0 cm³/mol. The quantitative estimate of drug-likeness (QED) is 0.640. The maximum absolute atomic E-state index is 13.4. The first-order chi connectivity index (χ1) is 12.9. The number of amides is 1. The normalized spacial score (nSPS) is 17.3. The molecule has 1 aliphatic heterocycles. The molecule has 9 heteroatoms. The summed E-state index contributed by atoms with van der Waals surface area (Å²) < 4.78 is 28.3. The zero-order valence-corrected chi connectivity index (χ0v) is 14.5. The highest BCUT2D eigenvalue weighted by Gasteiger charge is 2.30. The molecule has 0 radical (unpaired) electrons. The summed E-state index contributed by atoms with van der Waals surface area (Å²) in [5.74, 6) is -2.35. The maximum atomic E-state index is 13.4. The van der Waals surface area contributed by atoms with Crippen LogP contribution in [-0.4, -0.2) is 56.8 Å². The molecule has 4 rings (SSSR count). The molecule has 0 spiro atoms. The summed E-state index contributed by atoms with van der Waals surface area (Å²) in [4.78, 5) is 15.4. The van der Waals surface area contributed by atoms with Crippen LogP contribution >= 0.6 is 0 Å². The highest BCUT2D eigenvalue weighted by Crippen LogP contribution is 2.34. The Labute approximate surface area is 154 Å². The van der Waals surface area contributed by atoms with Crippen molar-refractivity contribution in [3.05, 3.63) is 53.4 Å². The largest absolute Gasteiger partial charge is 0.329 e. The molecule has 1 saturated heterocycles. The molecule has 1 aliphatic carbocycles. The number of nitrogens with one attached hydrogen (secondary N) is 2. The number of aromatic nitrogens is 2. The van der Waals surface area contributed by atoms with Crippen molar-refractivity contribution in [3.8, 4) is 0 Å². The molecule has 1 aromatic heterocycles. The van der Waals surface area contributed by atoms with Crippen LogP contribution < -0.4 is 0 Å². The van der Waals surface area contributed by atoms with Crippen LogP contribution in [0, 0.1) is 22.5 Å². The van der Waals surface area contributed by atoms with E-state index in [1.165, 1.54) is 15.9 Å². The Hall–Kier alpha value is -3.10. The summed E-state index contributed by atoms with van der Waals surface area (Å²) in [6, 6.07) is 5.17. The van der Waals surface area contributed by atoms with Gasteiger partial charge in [0.15, 0.2) is 17.5 Å². The van der Waals surface area contributed by atoms with E-state index in [-0.39, 0.29) is 36.9 Å². The minimum absolute atomic E-state index is 0.0104. The molecule has 140 valence electrons. The molecule has 2 fully saturated rings. The molecule has 27 heavy (non-hydrogen) atoms. The van der Waals surface area contributed by atoms with Crippen LogP contribution in [-0.2, 0) is 0 Å². The Morgan fingerprint density at radius 3 is 2.59 bits per heavy atom. The first-order valence-corrected chi connectivity index (χ1v) is 8.67. The van der Waals surface area contributed by atoms with Gasteiger partial charge in [0, 0.05) is 24.8 Å². The molecule has 2 aromatic rings. The van der Waals surface area contributed by atoms with Crippen LogP contribution in [0.5, 0.6) is 0 Å². The molecule has 1 aromatic carbocycles. The molecular formula is C18H18F2N6O. The summed E-state index contributed by atoms with van der Waals surface area (Å²) in [6.45, 7) is 0.527. The minimum atomic E-state index is -1.08. The maximum Gasteiger partial charge on any atom is 0.254 e. The second-order valence-corrected chi connectivity index (χ2v) is 6.71. The molecule has 2 N–H and O–H groups in total. The lowest BCUT2D eigenvalue weighted by molar-refractivity contribution is 0.0756. The lowest BCUT2D eigenvalue weighted by atomic mass is 10.1. The van der Waals surface area contributed by atoms with E-state index in [0.717, 1.165) is 25.0 Å². The number of carbonyl (C=O) groups excluding carboxylic acids is 1. The van der Waals surface area contributed by atoms with E-state index in [1.54, 1.807) is 6.07 Å². The standard InChI is InChI=1S/C18H18F2N6O/c19-13-4-1-11(9-14(13)20)18(27)24-7-8-25(16(21)10-24)17(22)15-5-6-26(23-15)12-2-3-12/h1,4-6,9,12,21-22H,2-3,7-8,10H2. The predicted octanol–water partition coefficient (Wildman–Crippen LogP) is 2.26. The van der Waals surface area contributed by atoms with Crippen LogP contribution in [0.25, 0.3) is 0 Å². The van der Waals surface area contributed by atoms with Gasteiger partial charge in [0.25, 0.3) is 5.91 Å². The summed E-state index contributed by atoms with van der Waals surface area (Å²) in [7, 11) is 0. The van der Waals surface area contributed by atoms with Crippen molar-refractivity contribution >= 4 is 17.6 Å². The van der Waals surface area contributed by atoms with Gasteiger partial charge in [-0.25, -0.2) is 8.78 Å². The average Bonchev–Trinajstić information content (AvgIpc) is 3.39. The van der Waals surface area contributed by atoms with Crippen molar-refractivity contribution in [1.29, 1.82) is 10.8 Å². The van der Waals surface area contributed by atoms with Crippen LogP contribution in [0.15, 0.2) is 30.5 Å². The lowest BCUT2D eigenvalue weighted by Gasteiger charge is -2.36. The van der Waals surface area contributed by atoms with Crippen molar-refractivity contribution in [1.82, 2.24) is 19.6 Å². The summed E-state index contributed by atoms with van der Waals surface area (Å²) in [5, 5.41) is 20.9. The number of carbonyl (C=O) groups is 1. The fourth-order valence-corrected chi connectivity index (χ4v) is 3.08. The van der Waals surface area contributed by atoms with E-state index < -0.39 is 17.5 Å². The average molecular weight is 372 g/mol. The first-order valence-electron chi connectivity index (χ1n) is 8.67. The Bertz CT molecular complexity index is 936. The van der Waals surface area contributed by atoms with E-state index in [2.05, 4.69) is 5.10 Å². The lowest BCUT2D eigenvalue weighted by Crippen LogP contribution is -2.54. The van der Waals surface area contributed by atoms with Gasteiger partial charge in [-0.05, 0) is 37.1 Å². The highest BCUT2D eigenvalue weighted by atomic mass is 19.2. The molecule has 7 nitrogen and oxygen atoms in total. The third-order valence-corrected chi connectivity index (χ3v) is 4.76. The van der Waals surface area contributed by atoms with E-state index in [1.807, 2.05) is 10.9 Å². The molecule has 2 aliphatic rings. The number of amidine groups is 2. The van der Waals surface area contributed by atoms with Gasteiger partial charge in [-0.3, -0.25) is 20.3 Å². The molecule has 1 amide bonds. The monoisotopic (exact) mass is 372 g/mol. The summed E-state index contributed by atoms with van der Waals surface area (Å²) in [6.07, 6.45) is 4.03. The number of benzene rings is 1. The van der Waals surface area contributed by atoms with E-state index >= 15 is 0 Å². The summed E-state index contributed by atoms with van der Waals surface area (Å²) in [5.41, 5.74) is 0.528. The van der Waals surface area contributed by atoms with Gasteiger partial charge in [0.2, 0.25) is 0 Å². The van der Waals surface area contributed by atoms with Crippen molar-refractivity contribution in [2.24, 2.45) is 0 Å². The summed E-state index contributed by atoms with van der Waals surface area (Å²) >= 11 is 0. The van der Waals surface area contributed by atoms with E-state index in [9.17, 15) is 13.6 Å². The number of rotatable bonds is 3. The SMILES string of the molecule is N=C1CN(C(=O)c2ccc(F)c(F)c2)CCN1C(=N)c1ccn(C2CC2)n1. The van der Waals surface area contributed by atoms with Crippen molar-refractivity contribution in [2.75, 3.05) is 19.6 Å². The zero-order valence-electron chi connectivity index (χ0n) is 14.5.